The van der Waals surface area contributed by atoms with Crippen LogP contribution in [0.5, 0.6) is 23.0 Å². The van der Waals surface area contributed by atoms with Crippen LogP contribution in [0, 0.1) is 0 Å². The summed E-state index contributed by atoms with van der Waals surface area (Å²) in [5.74, 6) is -0.993. The molecule has 2 heterocycles. The highest BCUT2D eigenvalue weighted by atomic mass is 19.3. The van der Waals surface area contributed by atoms with Crippen LogP contribution in [0.25, 0.3) is 0 Å². The molecule has 0 unspecified atom stereocenters. The monoisotopic (exact) mass is 492 g/mol. The summed E-state index contributed by atoms with van der Waals surface area (Å²) in [6, 6.07) is 11.5. The Labute approximate surface area is 195 Å². The van der Waals surface area contributed by atoms with E-state index in [0.29, 0.717) is 17.2 Å². The Morgan fingerprint density at radius 3 is 2.23 bits per heavy atom. The lowest BCUT2D eigenvalue weighted by Crippen LogP contribution is -2.52. The fourth-order valence-corrected chi connectivity index (χ4v) is 2.94. The summed E-state index contributed by atoms with van der Waals surface area (Å²) < 4.78 is 67.0. The number of ether oxygens (including phenoxy) is 3. The van der Waals surface area contributed by atoms with E-state index < -0.39 is 29.7 Å². The molecule has 0 spiro atoms. The number of hydrogen-bond acceptors (Lipinski definition) is 6. The van der Waals surface area contributed by atoms with Crippen LogP contribution in [-0.4, -0.2) is 36.2 Å². The molecule has 13 heteroatoms. The number of pyridine rings is 1. The first-order chi connectivity index (χ1) is 16.6. The van der Waals surface area contributed by atoms with Crippen LogP contribution in [-0.2, 0) is 0 Å². The normalized spacial score (nSPS) is 15.0. The van der Waals surface area contributed by atoms with Crippen molar-refractivity contribution in [3.63, 3.8) is 0 Å². The van der Waals surface area contributed by atoms with Crippen molar-refractivity contribution in [2.75, 3.05) is 17.7 Å². The first-order valence-corrected chi connectivity index (χ1v) is 9.88. The largest absolute Gasteiger partial charge is 0.507 e. The first kappa shape index (κ1) is 23.6. The van der Waals surface area contributed by atoms with Gasteiger partial charge in [-0.2, -0.15) is 17.6 Å². The molecule has 0 aliphatic carbocycles. The predicted molar refractivity (Wildman–Crippen MR) is 114 cm³/mol. The van der Waals surface area contributed by atoms with Crippen molar-refractivity contribution in [3.8, 4) is 23.0 Å². The molecule has 0 bridgehead atoms. The fourth-order valence-electron chi connectivity index (χ4n) is 2.94. The van der Waals surface area contributed by atoms with Gasteiger partial charge in [-0.15, -0.1) is 0 Å². The average molecular weight is 492 g/mol. The Bertz CT molecular complexity index is 1290. The summed E-state index contributed by atoms with van der Waals surface area (Å²) in [5, 5.41) is 7.34. The molecule has 1 aromatic heterocycles. The molecule has 182 valence electrons. The van der Waals surface area contributed by atoms with Crippen LogP contribution in [0.15, 0.2) is 60.8 Å². The number of nitrogens with zero attached hydrogens (tertiary/aromatic N) is 1. The molecule has 0 saturated heterocycles. The minimum Gasteiger partial charge on any atom is -0.457 e. The number of aromatic nitrogens is 1. The van der Waals surface area contributed by atoms with Gasteiger partial charge in [0, 0.05) is 42.8 Å². The molecule has 0 atom stereocenters. The third kappa shape index (κ3) is 5.18. The average Bonchev–Trinajstić information content (AvgIpc) is 2.79. The van der Waals surface area contributed by atoms with E-state index in [-0.39, 0.29) is 17.3 Å². The molecule has 0 fully saturated rings. The second kappa shape index (κ2) is 9.00. The third-order valence-electron chi connectivity index (χ3n) is 4.54. The second-order valence-electron chi connectivity index (χ2n) is 7.06. The van der Waals surface area contributed by atoms with Gasteiger partial charge in [-0.25, -0.2) is 4.79 Å². The van der Waals surface area contributed by atoms with Gasteiger partial charge >= 0.3 is 18.2 Å². The lowest BCUT2D eigenvalue weighted by Gasteiger charge is -2.31. The van der Waals surface area contributed by atoms with Crippen LogP contribution in [0.4, 0.5) is 33.7 Å². The number of alkyl halides is 4. The highest BCUT2D eigenvalue weighted by Gasteiger charge is 2.65. The number of nitrogens with one attached hydrogen (secondary N) is 3. The molecule has 0 saturated carbocycles. The van der Waals surface area contributed by atoms with Crippen molar-refractivity contribution in [1.29, 1.82) is 0 Å². The smallest absolute Gasteiger partial charge is 0.457 e. The van der Waals surface area contributed by atoms with Crippen LogP contribution in [0.1, 0.15) is 10.5 Å². The number of fused-ring (bicyclic) bond motifs is 1. The summed E-state index contributed by atoms with van der Waals surface area (Å²) in [6.07, 6.45) is -8.31. The molecule has 3 aromatic rings. The molecule has 3 amide bonds. The quantitative estimate of drug-likeness (QED) is 0.440. The van der Waals surface area contributed by atoms with Gasteiger partial charge in [0.25, 0.3) is 5.91 Å². The number of anilines is 2. The minimum atomic E-state index is -4.88. The number of halogens is 4. The number of rotatable bonds is 5. The number of carbonyl (C=O) groups excluding carboxylic acids is 2. The summed E-state index contributed by atoms with van der Waals surface area (Å²) >= 11 is 0. The summed E-state index contributed by atoms with van der Waals surface area (Å²) in [4.78, 5) is 28.0. The van der Waals surface area contributed by atoms with Crippen LogP contribution < -0.4 is 30.2 Å². The number of hydrogen-bond donors (Lipinski definition) is 3. The fraction of sp³-hybridized carbons (Fsp3) is 0.136. The third-order valence-corrected chi connectivity index (χ3v) is 4.54. The molecule has 0 radical (unpaired) electrons. The van der Waals surface area contributed by atoms with E-state index >= 15 is 0 Å². The zero-order valence-electron chi connectivity index (χ0n) is 17.8. The molecule has 9 nitrogen and oxygen atoms in total. The van der Waals surface area contributed by atoms with Gasteiger partial charge in [0.05, 0.1) is 0 Å². The van der Waals surface area contributed by atoms with Crippen molar-refractivity contribution in [2.24, 2.45) is 0 Å². The Morgan fingerprint density at radius 1 is 0.857 bits per heavy atom. The van der Waals surface area contributed by atoms with Gasteiger partial charge in [0.15, 0.2) is 11.5 Å². The van der Waals surface area contributed by atoms with Crippen molar-refractivity contribution >= 4 is 23.3 Å². The Kier molecular flexibility index (Phi) is 6.07. The molecule has 4 rings (SSSR count). The molecule has 1 aliphatic rings. The lowest BCUT2D eigenvalue weighted by atomic mass is 10.2. The summed E-state index contributed by atoms with van der Waals surface area (Å²) in [6.45, 7) is 0. The Hall–Kier alpha value is -4.55. The van der Waals surface area contributed by atoms with Crippen molar-refractivity contribution in [2.45, 2.75) is 12.2 Å². The van der Waals surface area contributed by atoms with Crippen LogP contribution in [0.3, 0.4) is 0 Å². The molecule has 3 N–H and O–H groups in total. The predicted octanol–water partition coefficient (Wildman–Crippen LogP) is 4.83. The zero-order valence-corrected chi connectivity index (χ0v) is 17.8. The number of urea groups is 1. The Balaban J connectivity index is 1.42. The van der Waals surface area contributed by atoms with Crippen LogP contribution in [0.2, 0.25) is 0 Å². The Morgan fingerprint density at radius 2 is 1.51 bits per heavy atom. The van der Waals surface area contributed by atoms with Gasteiger partial charge in [0.2, 0.25) is 0 Å². The van der Waals surface area contributed by atoms with E-state index in [9.17, 15) is 27.2 Å². The van der Waals surface area contributed by atoms with Gasteiger partial charge < -0.3 is 30.2 Å². The molecule has 2 aromatic carbocycles. The number of amides is 3. The SMILES string of the molecule is CNC(=O)c1cc(Oc2cccc(NC(=O)Nc3ccc4c(c3)OC(F)(F)C(F)(F)O4)c2)ccn1. The maximum atomic E-state index is 13.4. The first-order valence-electron chi connectivity index (χ1n) is 9.88. The maximum absolute atomic E-state index is 13.4. The van der Waals surface area contributed by atoms with Gasteiger partial charge in [-0.05, 0) is 30.3 Å². The van der Waals surface area contributed by atoms with Gasteiger partial charge in [-0.1, -0.05) is 6.07 Å². The van der Waals surface area contributed by atoms with Crippen molar-refractivity contribution in [3.05, 3.63) is 66.5 Å². The molecular weight excluding hydrogens is 476 g/mol. The van der Waals surface area contributed by atoms with E-state index in [2.05, 4.69) is 30.4 Å². The number of carbonyl (C=O) groups is 2. The second-order valence-corrected chi connectivity index (χ2v) is 7.06. The summed E-state index contributed by atoms with van der Waals surface area (Å²) in [5.41, 5.74) is 0.445. The van der Waals surface area contributed by atoms with E-state index in [1.807, 2.05) is 0 Å². The highest BCUT2D eigenvalue weighted by molar-refractivity contribution is 6.00. The molecular formula is C22H16F4N4O5. The van der Waals surface area contributed by atoms with E-state index in [0.717, 1.165) is 12.1 Å². The van der Waals surface area contributed by atoms with Crippen LogP contribution >= 0.6 is 0 Å². The summed E-state index contributed by atoms with van der Waals surface area (Å²) in [7, 11) is 1.47. The zero-order chi connectivity index (χ0) is 25.2. The molecule has 35 heavy (non-hydrogen) atoms. The standard InChI is InChI=1S/C22H16F4N4O5/c1-27-19(31)16-11-15(7-8-28-16)33-14-4-2-3-12(9-14)29-20(32)30-13-5-6-17-18(10-13)35-22(25,26)21(23,24)34-17/h2-11H,1H3,(H,27,31)(H2,29,30,32). The van der Waals surface area contributed by atoms with Crippen molar-refractivity contribution in [1.82, 2.24) is 10.3 Å². The highest BCUT2D eigenvalue weighted by Crippen LogP contribution is 2.47. The van der Waals surface area contributed by atoms with E-state index in [1.165, 1.54) is 31.4 Å². The van der Waals surface area contributed by atoms with E-state index in [4.69, 9.17) is 4.74 Å². The molecule has 1 aliphatic heterocycles. The number of benzene rings is 2. The van der Waals surface area contributed by atoms with Gasteiger partial charge in [0.1, 0.15) is 17.2 Å². The van der Waals surface area contributed by atoms with Gasteiger partial charge in [-0.3, -0.25) is 9.78 Å². The van der Waals surface area contributed by atoms with Crippen molar-refractivity contribution < 1.29 is 41.4 Å². The topological polar surface area (TPSA) is 111 Å². The maximum Gasteiger partial charge on any atom is 0.507 e. The minimum absolute atomic E-state index is 0.0169. The lowest BCUT2D eigenvalue weighted by molar-refractivity contribution is -0.391. The van der Waals surface area contributed by atoms with E-state index in [1.54, 1.807) is 24.3 Å².